The van der Waals surface area contributed by atoms with E-state index in [-0.39, 0.29) is 12.4 Å². The molecule has 1 rings (SSSR count). The minimum absolute atomic E-state index is 0.184. The third kappa shape index (κ3) is 3.59. The van der Waals surface area contributed by atoms with Gasteiger partial charge >= 0.3 is 5.97 Å². The fraction of sp³-hybridized carbons (Fsp3) is 0.364. The number of ether oxygens (including phenoxy) is 2. The van der Waals surface area contributed by atoms with Crippen molar-refractivity contribution in [3.8, 4) is 0 Å². The second kappa shape index (κ2) is 5.36. The second-order valence-corrected chi connectivity index (χ2v) is 3.23. The maximum Gasteiger partial charge on any atom is 0.374 e. The SMILES string of the molecule is C=C(C)COC(=O)c1ccc(COC)o1. The Morgan fingerprint density at radius 1 is 1.53 bits per heavy atom. The molecule has 0 saturated carbocycles. The molecule has 0 bridgehead atoms. The van der Waals surface area contributed by atoms with Crippen LogP contribution in [0.5, 0.6) is 0 Å². The Balaban J connectivity index is 2.54. The molecule has 0 radical (unpaired) electrons. The Hall–Kier alpha value is -1.55. The summed E-state index contributed by atoms with van der Waals surface area (Å²) in [6.45, 7) is 5.96. The summed E-state index contributed by atoms with van der Waals surface area (Å²) in [7, 11) is 1.56. The molecule has 4 nitrogen and oxygen atoms in total. The maximum atomic E-state index is 11.4. The van der Waals surface area contributed by atoms with Gasteiger partial charge in [0.2, 0.25) is 5.76 Å². The number of hydrogen-bond acceptors (Lipinski definition) is 4. The van der Waals surface area contributed by atoms with E-state index in [2.05, 4.69) is 6.58 Å². The van der Waals surface area contributed by atoms with Crippen molar-refractivity contribution in [1.82, 2.24) is 0 Å². The van der Waals surface area contributed by atoms with E-state index in [4.69, 9.17) is 13.9 Å². The molecule has 0 aliphatic heterocycles. The number of rotatable bonds is 5. The van der Waals surface area contributed by atoms with Crippen LogP contribution in [0.3, 0.4) is 0 Å². The van der Waals surface area contributed by atoms with Gasteiger partial charge < -0.3 is 13.9 Å². The Labute approximate surface area is 88.5 Å². The second-order valence-electron chi connectivity index (χ2n) is 3.23. The van der Waals surface area contributed by atoms with Gasteiger partial charge in [-0.05, 0) is 24.6 Å². The summed E-state index contributed by atoms with van der Waals surface area (Å²) in [6, 6.07) is 3.25. The quantitative estimate of drug-likeness (QED) is 0.552. The molecular weight excluding hydrogens is 196 g/mol. The van der Waals surface area contributed by atoms with Crippen molar-refractivity contribution in [2.45, 2.75) is 13.5 Å². The van der Waals surface area contributed by atoms with Gasteiger partial charge in [0.25, 0.3) is 0 Å². The molecule has 4 heteroatoms. The van der Waals surface area contributed by atoms with E-state index < -0.39 is 5.97 Å². The van der Waals surface area contributed by atoms with Gasteiger partial charge in [0.1, 0.15) is 19.0 Å². The van der Waals surface area contributed by atoms with Crippen LogP contribution in [0.1, 0.15) is 23.2 Å². The Morgan fingerprint density at radius 3 is 2.87 bits per heavy atom. The zero-order valence-electron chi connectivity index (χ0n) is 8.91. The van der Waals surface area contributed by atoms with Gasteiger partial charge in [0.05, 0.1) is 0 Å². The lowest BCUT2D eigenvalue weighted by atomic mass is 10.4. The van der Waals surface area contributed by atoms with Crippen molar-refractivity contribution in [3.63, 3.8) is 0 Å². The highest BCUT2D eigenvalue weighted by Crippen LogP contribution is 2.10. The summed E-state index contributed by atoms with van der Waals surface area (Å²) in [5, 5.41) is 0. The zero-order valence-corrected chi connectivity index (χ0v) is 8.91. The first-order chi connectivity index (χ1) is 7.13. The molecule has 0 spiro atoms. The summed E-state index contributed by atoms with van der Waals surface area (Å²) < 4.78 is 15.0. The molecule has 1 heterocycles. The van der Waals surface area contributed by atoms with Crippen LogP contribution in [0.4, 0.5) is 0 Å². The van der Waals surface area contributed by atoms with E-state index in [1.165, 1.54) is 0 Å². The van der Waals surface area contributed by atoms with Gasteiger partial charge in [-0.15, -0.1) is 0 Å². The maximum absolute atomic E-state index is 11.4. The van der Waals surface area contributed by atoms with E-state index in [1.807, 2.05) is 0 Å². The molecule has 0 aliphatic rings. The fourth-order valence-corrected chi connectivity index (χ4v) is 0.967. The third-order valence-corrected chi connectivity index (χ3v) is 1.60. The van der Waals surface area contributed by atoms with Gasteiger partial charge in [-0.25, -0.2) is 4.79 Å². The number of esters is 1. The van der Waals surface area contributed by atoms with E-state index in [0.29, 0.717) is 12.4 Å². The monoisotopic (exact) mass is 210 g/mol. The first-order valence-corrected chi connectivity index (χ1v) is 4.52. The molecule has 0 fully saturated rings. The van der Waals surface area contributed by atoms with Gasteiger partial charge in [0, 0.05) is 7.11 Å². The van der Waals surface area contributed by atoms with Crippen molar-refractivity contribution in [3.05, 3.63) is 35.8 Å². The van der Waals surface area contributed by atoms with E-state index in [1.54, 1.807) is 26.2 Å². The average molecular weight is 210 g/mol. The number of furan rings is 1. The van der Waals surface area contributed by atoms with Crippen molar-refractivity contribution >= 4 is 5.97 Å². The molecule has 0 saturated heterocycles. The lowest BCUT2D eigenvalue weighted by molar-refractivity contribution is 0.0497. The van der Waals surface area contributed by atoms with Crippen LogP contribution < -0.4 is 0 Å². The van der Waals surface area contributed by atoms with Crippen LogP contribution in [0, 0.1) is 0 Å². The van der Waals surface area contributed by atoms with Crippen LogP contribution in [0.15, 0.2) is 28.7 Å². The number of carbonyl (C=O) groups excluding carboxylic acids is 1. The standard InChI is InChI=1S/C11H14O4/c1-8(2)6-14-11(12)10-5-4-9(15-10)7-13-3/h4-5H,1,6-7H2,2-3H3. The van der Waals surface area contributed by atoms with Crippen molar-refractivity contribution in [2.75, 3.05) is 13.7 Å². The summed E-state index contributed by atoms with van der Waals surface area (Å²) in [6.07, 6.45) is 0. The van der Waals surface area contributed by atoms with Gasteiger partial charge in [-0.2, -0.15) is 0 Å². The molecule has 1 aromatic heterocycles. The number of methoxy groups -OCH3 is 1. The molecular formula is C11H14O4. The van der Waals surface area contributed by atoms with Crippen molar-refractivity contribution in [2.24, 2.45) is 0 Å². The lowest BCUT2D eigenvalue weighted by Gasteiger charge is -2.01. The summed E-state index contributed by atoms with van der Waals surface area (Å²) in [4.78, 5) is 11.4. The largest absolute Gasteiger partial charge is 0.455 e. The fourth-order valence-electron chi connectivity index (χ4n) is 0.967. The van der Waals surface area contributed by atoms with Crippen LogP contribution >= 0.6 is 0 Å². The Morgan fingerprint density at radius 2 is 2.27 bits per heavy atom. The van der Waals surface area contributed by atoms with Crippen LogP contribution in [0.2, 0.25) is 0 Å². The minimum atomic E-state index is -0.486. The first kappa shape index (κ1) is 11.5. The van der Waals surface area contributed by atoms with E-state index in [0.717, 1.165) is 5.57 Å². The van der Waals surface area contributed by atoms with Crippen LogP contribution in [-0.4, -0.2) is 19.7 Å². The van der Waals surface area contributed by atoms with E-state index >= 15 is 0 Å². The van der Waals surface area contributed by atoms with Gasteiger partial charge in [-0.1, -0.05) is 6.58 Å². The molecule has 15 heavy (non-hydrogen) atoms. The molecule has 0 aliphatic carbocycles. The minimum Gasteiger partial charge on any atom is -0.455 e. The first-order valence-electron chi connectivity index (χ1n) is 4.52. The molecule has 0 N–H and O–H groups in total. The molecule has 82 valence electrons. The lowest BCUT2D eigenvalue weighted by Crippen LogP contribution is -2.05. The van der Waals surface area contributed by atoms with Gasteiger partial charge in [0.15, 0.2) is 0 Å². The van der Waals surface area contributed by atoms with E-state index in [9.17, 15) is 4.79 Å². The topological polar surface area (TPSA) is 48.7 Å². The molecule has 1 aromatic rings. The van der Waals surface area contributed by atoms with Crippen molar-refractivity contribution in [1.29, 1.82) is 0 Å². The number of hydrogen-bond donors (Lipinski definition) is 0. The molecule has 0 aromatic carbocycles. The van der Waals surface area contributed by atoms with Crippen LogP contribution in [0.25, 0.3) is 0 Å². The van der Waals surface area contributed by atoms with Crippen LogP contribution in [-0.2, 0) is 16.1 Å². The summed E-state index contributed by atoms with van der Waals surface area (Å²) in [5.74, 6) is 0.295. The average Bonchev–Trinajstić information content (AvgIpc) is 2.63. The predicted octanol–water partition coefficient (Wildman–Crippen LogP) is 2.16. The van der Waals surface area contributed by atoms with Gasteiger partial charge in [-0.3, -0.25) is 0 Å². The zero-order chi connectivity index (χ0) is 11.3. The van der Waals surface area contributed by atoms with Crippen molar-refractivity contribution < 1.29 is 18.7 Å². The highest BCUT2D eigenvalue weighted by atomic mass is 16.5. The predicted molar refractivity (Wildman–Crippen MR) is 54.5 cm³/mol. The highest BCUT2D eigenvalue weighted by Gasteiger charge is 2.12. The molecule has 0 amide bonds. The molecule has 0 unspecified atom stereocenters. The molecule has 0 atom stereocenters. The third-order valence-electron chi connectivity index (χ3n) is 1.60. The highest BCUT2D eigenvalue weighted by molar-refractivity contribution is 5.86. The Kier molecular flexibility index (Phi) is 4.12. The smallest absolute Gasteiger partial charge is 0.374 e. The Bertz CT molecular complexity index is 351. The number of carbonyl (C=O) groups is 1. The normalized spacial score (nSPS) is 10.0. The summed E-state index contributed by atoms with van der Waals surface area (Å²) >= 11 is 0. The summed E-state index contributed by atoms with van der Waals surface area (Å²) in [5.41, 5.74) is 0.784.